The molecule has 0 unspecified atom stereocenters. The van der Waals surface area contributed by atoms with Gasteiger partial charge in [-0.2, -0.15) is 0 Å². The van der Waals surface area contributed by atoms with Crippen LogP contribution in [-0.4, -0.2) is 18.7 Å². The number of benzene rings is 3. The van der Waals surface area contributed by atoms with Crippen molar-refractivity contribution in [1.82, 2.24) is 5.32 Å². The lowest BCUT2D eigenvalue weighted by Gasteiger charge is -2.36. The van der Waals surface area contributed by atoms with E-state index in [0.29, 0.717) is 17.6 Å². The van der Waals surface area contributed by atoms with E-state index in [1.165, 1.54) is 0 Å². The molecule has 1 heterocycles. The molecule has 3 aromatic rings. The van der Waals surface area contributed by atoms with Crippen LogP contribution >= 0.6 is 0 Å². The Hall–Kier alpha value is -3.92. The molecule has 34 heavy (non-hydrogen) atoms. The van der Waals surface area contributed by atoms with Gasteiger partial charge >= 0.3 is 0 Å². The van der Waals surface area contributed by atoms with Gasteiger partial charge in [-0.1, -0.05) is 66.2 Å². The molecule has 0 aromatic heterocycles. The second-order valence-electron chi connectivity index (χ2n) is 9.33. The molecule has 1 aliphatic heterocycles. The molecule has 2 aliphatic carbocycles. The highest BCUT2D eigenvalue weighted by atomic mass is 16.5. The highest BCUT2D eigenvalue weighted by molar-refractivity contribution is 6.23. The Morgan fingerprint density at radius 1 is 0.794 bits per heavy atom. The van der Waals surface area contributed by atoms with Gasteiger partial charge in [-0.25, -0.2) is 0 Å². The smallest absolute Gasteiger partial charge is 0.192 e. The van der Waals surface area contributed by atoms with Crippen LogP contribution in [0.25, 0.3) is 5.70 Å². The minimum absolute atomic E-state index is 0.0142. The second kappa shape index (κ2) is 7.84. The quantitative estimate of drug-likeness (QED) is 0.560. The van der Waals surface area contributed by atoms with Crippen LogP contribution in [0, 0.1) is 6.92 Å². The minimum Gasteiger partial charge on any atom is -0.497 e. The Morgan fingerprint density at radius 2 is 1.47 bits per heavy atom. The van der Waals surface area contributed by atoms with Gasteiger partial charge in [0.05, 0.1) is 12.8 Å². The predicted octanol–water partition coefficient (Wildman–Crippen LogP) is 5.70. The van der Waals surface area contributed by atoms with Crippen LogP contribution in [0.1, 0.15) is 57.3 Å². The van der Waals surface area contributed by atoms with E-state index in [0.717, 1.165) is 51.4 Å². The van der Waals surface area contributed by atoms with Gasteiger partial charge in [0.1, 0.15) is 5.75 Å². The number of hydrogen-bond donors (Lipinski definition) is 1. The summed E-state index contributed by atoms with van der Waals surface area (Å²) >= 11 is 0. The average Bonchev–Trinajstić information content (AvgIpc) is 3.15. The van der Waals surface area contributed by atoms with E-state index in [2.05, 4.69) is 29.6 Å². The number of fused-ring (bicyclic) bond motifs is 2. The summed E-state index contributed by atoms with van der Waals surface area (Å²) in [6.45, 7) is 2.05. The van der Waals surface area contributed by atoms with Gasteiger partial charge in [0.15, 0.2) is 11.6 Å². The van der Waals surface area contributed by atoms with E-state index in [-0.39, 0.29) is 23.4 Å². The van der Waals surface area contributed by atoms with Crippen LogP contribution in [0.4, 0.5) is 0 Å². The summed E-state index contributed by atoms with van der Waals surface area (Å²) in [6, 6.07) is 23.9. The molecule has 6 rings (SSSR count). The largest absolute Gasteiger partial charge is 0.497 e. The van der Waals surface area contributed by atoms with Crippen molar-refractivity contribution in [2.75, 3.05) is 7.11 Å². The molecule has 0 bridgehead atoms. The summed E-state index contributed by atoms with van der Waals surface area (Å²) in [5, 5.41) is 3.56. The molecule has 4 heteroatoms. The summed E-state index contributed by atoms with van der Waals surface area (Å²) in [5.41, 5.74) is 8.12. The lowest BCUT2D eigenvalue weighted by Crippen LogP contribution is -2.33. The number of dihydropyridines is 1. The SMILES string of the molecule is COc1ccc([C@H]2CC(=O)C3=C(C2)NC2=C(C(=O)c4ccccc42)[C@@H]3c2ccc(C)cc2)cc1. The Morgan fingerprint density at radius 3 is 2.18 bits per heavy atom. The maximum atomic E-state index is 13.7. The molecule has 3 aliphatic rings. The number of methoxy groups -OCH3 is 1. The van der Waals surface area contributed by atoms with Crippen molar-refractivity contribution in [3.8, 4) is 5.75 Å². The van der Waals surface area contributed by atoms with Crippen molar-refractivity contribution in [1.29, 1.82) is 0 Å². The Labute approximate surface area is 199 Å². The van der Waals surface area contributed by atoms with Crippen LogP contribution in [-0.2, 0) is 4.79 Å². The molecule has 0 spiro atoms. The number of carbonyl (C=O) groups is 2. The fourth-order valence-corrected chi connectivity index (χ4v) is 5.60. The molecule has 0 fully saturated rings. The van der Waals surface area contributed by atoms with Crippen LogP contribution in [0.5, 0.6) is 5.75 Å². The van der Waals surface area contributed by atoms with Crippen LogP contribution in [0.3, 0.4) is 0 Å². The van der Waals surface area contributed by atoms with Gasteiger partial charge in [-0.15, -0.1) is 0 Å². The Balaban J connectivity index is 1.47. The van der Waals surface area contributed by atoms with Crippen molar-refractivity contribution in [3.05, 3.63) is 117 Å². The first kappa shape index (κ1) is 20.7. The van der Waals surface area contributed by atoms with E-state index < -0.39 is 0 Å². The molecule has 0 saturated heterocycles. The lowest BCUT2D eigenvalue weighted by atomic mass is 9.71. The topological polar surface area (TPSA) is 55.4 Å². The van der Waals surface area contributed by atoms with Crippen molar-refractivity contribution in [2.45, 2.75) is 31.6 Å². The third kappa shape index (κ3) is 3.13. The van der Waals surface area contributed by atoms with Gasteiger partial charge in [0.2, 0.25) is 0 Å². The zero-order valence-corrected chi connectivity index (χ0v) is 19.2. The first-order chi connectivity index (χ1) is 16.5. The maximum absolute atomic E-state index is 13.7. The van der Waals surface area contributed by atoms with Gasteiger partial charge in [0, 0.05) is 40.3 Å². The number of Topliss-reactive ketones (excluding diaryl/α,β-unsaturated/α-hetero) is 2. The molecule has 2 atom stereocenters. The van der Waals surface area contributed by atoms with Crippen LogP contribution in [0.15, 0.2) is 89.6 Å². The number of rotatable bonds is 3. The molecule has 0 saturated carbocycles. The van der Waals surface area contributed by atoms with Crippen molar-refractivity contribution in [3.63, 3.8) is 0 Å². The molecule has 0 radical (unpaired) electrons. The Kier molecular flexibility index (Phi) is 4.77. The summed E-state index contributed by atoms with van der Waals surface area (Å²) < 4.78 is 5.30. The molecular weight excluding hydrogens is 422 g/mol. The first-order valence-electron chi connectivity index (χ1n) is 11.7. The number of hydrogen-bond acceptors (Lipinski definition) is 4. The van der Waals surface area contributed by atoms with E-state index in [1.54, 1.807) is 7.11 Å². The van der Waals surface area contributed by atoms with Gasteiger partial charge in [0.25, 0.3) is 0 Å². The molecule has 3 aromatic carbocycles. The first-order valence-corrected chi connectivity index (χ1v) is 11.7. The van der Waals surface area contributed by atoms with E-state index in [1.807, 2.05) is 55.5 Å². The zero-order chi connectivity index (χ0) is 23.4. The number of ketones is 2. The molecule has 168 valence electrons. The molecule has 0 amide bonds. The van der Waals surface area contributed by atoms with Gasteiger partial charge in [-0.3, -0.25) is 9.59 Å². The molecule has 4 nitrogen and oxygen atoms in total. The number of allylic oxidation sites excluding steroid dienone is 3. The standard InChI is InChI=1S/C30H25NO3/c1-17-7-9-19(10-8-17)26-27-24(31-29-22-5-3-4-6-23(22)30(33)28(26)29)15-20(16-25(27)32)18-11-13-21(34-2)14-12-18/h3-14,20,26,31H,15-16H2,1-2H3/t20-,26-/m1/s1. The fraction of sp³-hybridized carbons (Fsp3) is 0.200. The molecular formula is C30H25NO3. The number of ether oxygens (including phenoxy) is 1. The number of carbonyl (C=O) groups excluding carboxylic acids is 2. The second-order valence-corrected chi connectivity index (χ2v) is 9.33. The Bertz CT molecular complexity index is 1390. The summed E-state index contributed by atoms with van der Waals surface area (Å²) in [5.74, 6) is 0.654. The van der Waals surface area contributed by atoms with Crippen LogP contribution < -0.4 is 10.1 Å². The average molecular weight is 448 g/mol. The third-order valence-electron chi connectivity index (χ3n) is 7.31. The van der Waals surface area contributed by atoms with Gasteiger partial charge < -0.3 is 10.1 Å². The third-order valence-corrected chi connectivity index (χ3v) is 7.31. The zero-order valence-electron chi connectivity index (χ0n) is 19.2. The summed E-state index contributed by atoms with van der Waals surface area (Å²) in [7, 11) is 1.65. The number of nitrogens with one attached hydrogen (secondary N) is 1. The van der Waals surface area contributed by atoms with Crippen LogP contribution in [0.2, 0.25) is 0 Å². The van der Waals surface area contributed by atoms with E-state index >= 15 is 0 Å². The normalized spacial score (nSPS) is 21.1. The predicted molar refractivity (Wildman–Crippen MR) is 132 cm³/mol. The minimum atomic E-state index is -0.351. The van der Waals surface area contributed by atoms with Crippen molar-refractivity contribution in [2.24, 2.45) is 0 Å². The molecule has 1 N–H and O–H groups in total. The highest BCUT2D eigenvalue weighted by Gasteiger charge is 2.45. The van der Waals surface area contributed by atoms with Gasteiger partial charge in [-0.05, 0) is 42.5 Å². The lowest BCUT2D eigenvalue weighted by molar-refractivity contribution is -0.116. The fourth-order valence-electron chi connectivity index (χ4n) is 5.60. The monoisotopic (exact) mass is 447 g/mol. The highest BCUT2D eigenvalue weighted by Crippen LogP contribution is 2.50. The van der Waals surface area contributed by atoms with Crippen molar-refractivity contribution < 1.29 is 14.3 Å². The van der Waals surface area contributed by atoms with Crippen molar-refractivity contribution >= 4 is 17.3 Å². The van der Waals surface area contributed by atoms with E-state index in [9.17, 15) is 9.59 Å². The summed E-state index contributed by atoms with van der Waals surface area (Å²) in [6.07, 6.45) is 1.15. The van der Waals surface area contributed by atoms with E-state index in [4.69, 9.17) is 4.74 Å². The number of aryl methyl sites for hydroxylation is 1. The maximum Gasteiger partial charge on any atom is 0.192 e. The summed E-state index contributed by atoms with van der Waals surface area (Å²) in [4.78, 5) is 27.3.